The average Bonchev–Trinajstić information content (AvgIpc) is 2.33. The Labute approximate surface area is 208 Å². The zero-order valence-corrected chi connectivity index (χ0v) is 18.9. The van der Waals surface area contributed by atoms with Gasteiger partial charge >= 0.3 is 103 Å². The molecular weight excluding hydrogens is 359 g/mol. The molecule has 10 heteroatoms. The van der Waals surface area contributed by atoms with Gasteiger partial charge in [0.2, 0.25) is 0 Å². The van der Waals surface area contributed by atoms with Crippen molar-refractivity contribution in [1.82, 2.24) is 0 Å². The molecule has 0 aliphatic heterocycles. The van der Waals surface area contributed by atoms with Crippen molar-refractivity contribution < 1.29 is 103 Å². The zero-order chi connectivity index (χ0) is 12.6. The van der Waals surface area contributed by atoms with Gasteiger partial charge in [-0.25, -0.2) is 0 Å². The van der Waals surface area contributed by atoms with Crippen LogP contribution in [0.15, 0.2) is 9.81 Å². The summed E-state index contributed by atoms with van der Waals surface area (Å²) in [4.78, 5) is -0.285. The van der Waals surface area contributed by atoms with Crippen molar-refractivity contribution in [3.8, 4) is 12.1 Å². The molecule has 4 nitrogen and oxygen atoms in total. The van der Waals surface area contributed by atoms with E-state index < -0.39 is 0 Å². The van der Waals surface area contributed by atoms with E-state index >= 15 is 0 Å². The first-order valence-corrected chi connectivity index (χ1v) is 6.34. The number of nitrogens with zero attached hydrogens (tertiary/aromatic N) is 4. The van der Waals surface area contributed by atoms with Crippen molar-refractivity contribution in [2.24, 2.45) is 0 Å². The predicted molar refractivity (Wildman–Crippen MR) is 75.4 cm³/mol. The van der Waals surface area contributed by atoms with Crippen LogP contribution in [0, 0.1) is 22.7 Å². The van der Waals surface area contributed by atoms with Gasteiger partial charge in [0.05, 0.1) is 9.81 Å². The van der Waals surface area contributed by atoms with Gasteiger partial charge in [0.1, 0.15) is 21.9 Å². The van der Waals surface area contributed by atoms with E-state index in [-0.39, 0.29) is 122 Å². The summed E-state index contributed by atoms with van der Waals surface area (Å²) in [5.41, 5.74) is 0. The van der Waals surface area contributed by atoms with E-state index in [1.807, 2.05) is 0 Å². The van der Waals surface area contributed by atoms with Crippen LogP contribution in [0.4, 0.5) is 0 Å². The summed E-state index contributed by atoms with van der Waals surface area (Å²) >= 11 is 9.23. The minimum Gasteiger partial charge on any atom is -0.762 e. The van der Waals surface area contributed by atoms with E-state index in [9.17, 15) is 0 Å². The molecule has 0 aliphatic rings. The molecular formula is C8K2N4S4. The van der Waals surface area contributed by atoms with Crippen LogP contribution in [0.1, 0.15) is 0 Å². The van der Waals surface area contributed by atoms with Crippen molar-refractivity contribution >= 4 is 67.5 Å². The Morgan fingerprint density at radius 1 is 0.833 bits per heavy atom. The Hall–Kier alpha value is 2.03. The number of hydrogen-bond donors (Lipinski definition) is 0. The molecule has 0 aromatic heterocycles. The van der Waals surface area contributed by atoms with Crippen molar-refractivity contribution in [2.45, 2.75) is 0 Å². The maximum atomic E-state index is 8.66. The summed E-state index contributed by atoms with van der Waals surface area (Å²) in [6, 6.07) is 3.30. The maximum Gasteiger partial charge on any atom is 1.00 e. The maximum absolute atomic E-state index is 8.66. The van der Waals surface area contributed by atoms with Gasteiger partial charge in [-0.1, -0.05) is 24.4 Å². The number of rotatable bonds is 5. The second-order valence-corrected chi connectivity index (χ2v) is 4.90. The molecule has 0 saturated carbocycles. The first kappa shape index (κ1) is 25.0. The summed E-state index contributed by atoms with van der Waals surface area (Å²) in [6.45, 7) is 0. The Morgan fingerprint density at radius 2 is 1.11 bits per heavy atom. The Bertz CT molecular complexity index is 470. The second-order valence-electron chi connectivity index (χ2n) is 1.93. The minimum atomic E-state index is -0.153. The van der Waals surface area contributed by atoms with Crippen LogP contribution in [0.3, 0.4) is 0 Å². The van der Waals surface area contributed by atoms with Crippen LogP contribution in [-0.2, 0) is 0 Å². The smallest absolute Gasteiger partial charge is 0.762 e. The first-order chi connectivity index (χ1) is 7.60. The molecule has 0 radical (unpaired) electrons. The molecule has 0 unspecified atom stereocenters. The van der Waals surface area contributed by atoms with Crippen LogP contribution in [0.25, 0.3) is 10.8 Å². The molecule has 78 valence electrons. The monoisotopic (exact) mass is 358 g/mol. The van der Waals surface area contributed by atoms with Gasteiger partial charge in [-0.15, -0.1) is 0 Å². The first-order valence-electron chi connectivity index (χ1n) is 3.38. The molecule has 0 saturated heterocycles. The Morgan fingerprint density at radius 3 is 1.28 bits per heavy atom. The van der Waals surface area contributed by atoms with Crippen molar-refractivity contribution in [2.75, 3.05) is 0 Å². The SMILES string of the molecule is N#CC(=S)C(=C=[N-])SSC(=C=[N-])C(=S)C#N.[K+].[K+]. The van der Waals surface area contributed by atoms with Gasteiger partial charge in [0.25, 0.3) is 0 Å². The van der Waals surface area contributed by atoms with Crippen LogP contribution >= 0.6 is 46.0 Å². The standard InChI is InChI=1S/C8N4S4.2K/c9-1-5(13)7(3-11)15-16-8(4-12)6(14)2-10;;/q-2;2*+1. The molecule has 18 heavy (non-hydrogen) atoms. The quantitative estimate of drug-likeness (QED) is 0.166. The molecule has 0 heterocycles. The van der Waals surface area contributed by atoms with Crippen LogP contribution in [-0.4, -0.2) is 21.5 Å². The molecule has 0 aliphatic carbocycles. The molecule has 0 amide bonds. The molecule has 0 aromatic carbocycles. The van der Waals surface area contributed by atoms with Crippen molar-refractivity contribution in [1.29, 1.82) is 10.5 Å². The fourth-order valence-electron chi connectivity index (χ4n) is 0.399. The normalized spacial score (nSPS) is 6.78. The Balaban J connectivity index is -0.00000112. The van der Waals surface area contributed by atoms with E-state index in [0.717, 1.165) is 21.6 Å². The third kappa shape index (κ3) is 9.86. The second kappa shape index (κ2) is 15.4. The van der Waals surface area contributed by atoms with E-state index in [2.05, 4.69) is 24.4 Å². The summed E-state index contributed by atoms with van der Waals surface area (Å²) in [5, 5.41) is 34.3. The van der Waals surface area contributed by atoms with Gasteiger partial charge < -0.3 is 10.8 Å². The molecule has 0 aromatic rings. The largest absolute Gasteiger partial charge is 1.00 e. The van der Waals surface area contributed by atoms with Gasteiger partial charge in [0.15, 0.2) is 0 Å². The fraction of sp³-hybridized carbons (Fsp3) is 0. The summed E-state index contributed by atoms with van der Waals surface area (Å²) < 4.78 is 0. The van der Waals surface area contributed by atoms with Gasteiger partial charge in [0, 0.05) is 0 Å². The van der Waals surface area contributed by atoms with Gasteiger partial charge in [-0.3, -0.25) is 11.7 Å². The number of nitriles is 2. The third-order valence-electron chi connectivity index (χ3n) is 1.03. The van der Waals surface area contributed by atoms with Gasteiger partial charge in [-0.05, 0) is 21.6 Å². The van der Waals surface area contributed by atoms with E-state index in [1.54, 1.807) is 23.9 Å². The van der Waals surface area contributed by atoms with E-state index in [4.69, 9.17) is 21.3 Å². The number of allylic oxidation sites excluding steroid dienone is 2. The topological polar surface area (TPSA) is 92.2 Å². The average molecular weight is 359 g/mol. The predicted octanol–water partition coefficient (Wildman–Crippen LogP) is -3.59. The molecule has 0 atom stereocenters. The number of thiocarbonyl (C=S) groups is 2. The van der Waals surface area contributed by atoms with Crippen LogP contribution < -0.4 is 103 Å². The van der Waals surface area contributed by atoms with Gasteiger partial charge in [-0.2, -0.15) is 10.5 Å². The molecule has 0 fully saturated rings. The van der Waals surface area contributed by atoms with Crippen molar-refractivity contribution in [3.05, 3.63) is 20.6 Å². The molecule has 0 bridgehead atoms. The molecule has 0 N–H and O–H groups in total. The van der Waals surface area contributed by atoms with E-state index in [0.29, 0.717) is 0 Å². The summed E-state index contributed by atoms with van der Waals surface area (Å²) in [5.74, 6) is 3.47. The summed E-state index contributed by atoms with van der Waals surface area (Å²) in [7, 11) is 1.68. The van der Waals surface area contributed by atoms with E-state index in [1.165, 1.54) is 0 Å². The molecule has 0 rings (SSSR count). The summed E-state index contributed by atoms with van der Waals surface area (Å²) in [6.07, 6.45) is 0. The number of hydrogen-bond acceptors (Lipinski definition) is 6. The van der Waals surface area contributed by atoms with Crippen LogP contribution in [0.5, 0.6) is 0 Å². The van der Waals surface area contributed by atoms with Crippen LogP contribution in [0.2, 0.25) is 0 Å². The fourth-order valence-corrected chi connectivity index (χ4v) is 2.76. The van der Waals surface area contributed by atoms with Crippen molar-refractivity contribution in [3.63, 3.8) is 0 Å². The Kier molecular flexibility index (Phi) is 21.4. The molecule has 0 spiro atoms. The third-order valence-corrected chi connectivity index (χ3v) is 4.13. The zero-order valence-electron chi connectivity index (χ0n) is 9.42. The minimum absolute atomic E-state index is 0.